The predicted molar refractivity (Wildman–Crippen MR) is 65.9 cm³/mol. The molecule has 0 radical (unpaired) electrons. The van der Waals surface area contributed by atoms with E-state index in [1.807, 2.05) is 0 Å². The van der Waals surface area contributed by atoms with Crippen LogP contribution in [0.1, 0.15) is 12.0 Å². The van der Waals surface area contributed by atoms with E-state index in [0.717, 1.165) is 0 Å². The molecule has 1 aromatic rings. The van der Waals surface area contributed by atoms with Crippen LogP contribution in [0.15, 0.2) is 18.2 Å². The maximum atomic E-state index is 11.4. The molecular weight excluding hydrogens is 252 g/mol. The molecule has 0 spiro atoms. The van der Waals surface area contributed by atoms with E-state index in [1.165, 1.54) is 18.2 Å². The van der Waals surface area contributed by atoms with Crippen LogP contribution in [0.25, 0.3) is 0 Å². The van der Waals surface area contributed by atoms with Crippen LogP contribution in [0.4, 0.5) is 5.69 Å². The molecule has 1 aliphatic heterocycles. The van der Waals surface area contributed by atoms with Crippen molar-refractivity contribution in [1.29, 1.82) is 0 Å². The number of nitro benzene ring substituents is 1. The van der Waals surface area contributed by atoms with Crippen molar-refractivity contribution in [2.75, 3.05) is 13.7 Å². The fourth-order valence-corrected chi connectivity index (χ4v) is 1.86. The Morgan fingerprint density at radius 2 is 2.37 bits per heavy atom. The van der Waals surface area contributed by atoms with Gasteiger partial charge in [-0.15, -0.1) is 0 Å². The van der Waals surface area contributed by atoms with Crippen LogP contribution >= 0.6 is 0 Å². The number of hydrogen-bond donors (Lipinski definition) is 1. The standard InChI is InChI=1S/C12H14N2O5/c1-13-7-8-6-9(14(16)17)2-3-10(8)19-11-4-5-18-12(11)15/h2-3,6,11,13H,4-5,7H2,1H3. The summed E-state index contributed by atoms with van der Waals surface area (Å²) in [6.07, 6.45) is -0.133. The van der Waals surface area contributed by atoms with Crippen LogP contribution in [0.3, 0.4) is 0 Å². The molecule has 1 atom stereocenters. The number of rotatable bonds is 5. The van der Waals surface area contributed by atoms with Gasteiger partial charge in [0, 0.05) is 30.7 Å². The molecule has 1 unspecified atom stereocenters. The van der Waals surface area contributed by atoms with Crippen molar-refractivity contribution in [2.45, 2.75) is 19.1 Å². The first-order valence-corrected chi connectivity index (χ1v) is 5.87. The van der Waals surface area contributed by atoms with Crippen molar-refractivity contribution in [3.8, 4) is 5.75 Å². The van der Waals surface area contributed by atoms with Gasteiger partial charge in [0.1, 0.15) is 5.75 Å². The number of ether oxygens (including phenoxy) is 2. The minimum absolute atomic E-state index is 0.00778. The lowest BCUT2D eigenvalue weighted by molar-refractivity contribution is -0.384. The highest BCUT2D eigenvalue weighted by Gasteiger charge is 2.29. The zero-order valence-electron chi connectivity index (χ0n) is 10.4. The van der Waals surface area contributed by atoms with E-state index in [-0.39, 0.29) is 5.69 Å². The van der Waals surface area contributed by atoms with Crippen LogP contribution in [0, 0.1) is 10.1 Å². The molecule has 2 rings (SSSR count). The average molecular weight is 266 g/mol. The Kier molecular flexibility index (Phi) is 3.96. The van der Waals surface area contributed by atoms with E-state index in [9.17, 15) is 14.9 Å². The summed E-state index contributed by atoms with van der Waals surface area (Å²) in [5, 5.41) is 13.6. The largest absolute Gasteiger partial charge is 0.478 e. The summed E-state index contributed by atoms with van der Waals surface area (Å²) in [5.41, 5.74) is 0.628. The van der Waals surface area contributed by atoms with Crippen LogP contribution in [0.2, 0.25) is 0 Å². The van der Waals surface area contributed by atoms with Crippen molar-refractivity contribution < 1.29 is 19.2 Å². The van der Waals surface area contributed by atoms with Crippen molar-refractivity contribution in [3.63, 3.8) is 0 Å². The highest BCUT2D eigenvalue weighted by atomic mass is 16.6. The Balaban J connectivity index is 2.23. The Morgan fingerprint density at radius 3 is 2.95 bits per heavy atom. The topological polar surface area (TPSA) is 90.7 Å². The fourth-order valence-electron chi connectivity index (χ4n) is 1.86. The highest BCUT2D eigenvalue weighted by molar-refractivity contribution is 5.76. The molecular formula is C12H14N2O5. The van der Waals surface area contributed by atoms with Gasteiger partial charge in [-0.1, -0.05) is 0 Å². The Labute approximate surface area is 109 Å². The van der Waals surface area contributed by atoms with Crippen molar-refractivity contribution in [3.05, 3.63) is 33.9 Å². The lowest BCUT2D eigenvalue weighted by Gasteiger charge is -2.13. The number of hydrogen-bond acceptors (Lipinski definition) is 6. The molecule has 7 heteroatoms. The summed E-state index contributed by atoms with van der Waals surface area (Å²) in [7, 11) is 1.73. The molecule has 1 N–H and O–H groups in total. The molecule has 1 fully saturated rings. The van der Waals surface area contributed by atoms with Gasteiger partial charge in [-0.2, -0.15) is 0 Å². The first kappa shape index (κ1) is 13.3. The second-order valence-corrected chi connectivity index (χ2v) is 4.14. The van der Waals surface area contributed by atoms with Crippen LogP contribution < -0.4 is 10.1 Å². The summed E-state index contributed by atoms with van der Waals surface area (Å²) in [6.45, 7) is 0.761. The van der Waals surface area contributed by atoms with Gasteiger partial charge in [0.05, 0.1) is 11.5 Å². The smallest absolute Gasteiger partial charge is 0.347 e. The van der Waals surface area contributed by atoms with Gasteiger partial charge in [-0.3, -0.25) is 10.1 Å². The lowest BCUT2D eigenvalue weighted by atomic mass is 10.1. The normalized spacial score (nSPS) is 18.2. The van der Waals surface area contributed by atoms with E-state index >= 15 is 0 Å². The fraction of sp³-hybridized carbons (Fsp3) is 0.417. The van der Waals surface area contributed by atoms with Gasteiger partial charge in [-0.05, 0) is 13.1 Å². The average Bonchev–Trinajstić information content (AvgIpc) is 2.77. The van der Waals surface area contributed by atoms with Gasteiger partial charge in [0.15, 0.2) is 6.10 Å². The van der Waals surface area contributed by atoms with E-state index in [2.05, 4.69) is 5.32 Å². The maximum absolute atomic E-state index is 11.4. The number of carbonyl (C=O) groups excluding carboxylic acids is 1. The molecule has 1 saturated heterocycles. The summed E-state index contributed by atoms with van der Waals surface area (Å²) in [6, 6.07) is 4.30. The molecule has 102 valence electrons. The summed E-state index contributed by atoms with van der Waals surface area (Å²) < 4.78 is 10.4. The lowest BCUT2D eigenvalue weighted by Crippen LogP contribution is -2.22. The number of non-ortho nitro benzene ring substituents is 1. The third-order valence-corrected chi connectivity index (χ3v) is 2.78. The van der Waals surface area contributed by atoms with Gasteiger partial charge in [0.25, 0.3) is 5.69 Å². The molecule has 0 bridgehead atoms. The van der Waals surface area contributed by atoms with Gasteiger partial charge < -0.3 is 14.8 Å². The monoisotopic (exact) mass is 266 g/mol. The number of cyclic esters (lactones) is 1. The van der Waals surface area contributed by atoms with Crippen molar-refractivity contribution >= 4 is 11.7 Å². The number of carbonyl (C=O) groups is 1. The minimum atomic E-state index is -0.628. The highest BCUT2D eigenvalue weighted by Crippen LogP contribution is 2.26. The SMILES string of the molecule is CNCc1cc([N+](=O)[O-])ccc1OC1CCOC1=O. The van der Waals surface area contributed by atoms with Gasteiger partial charge in [0.2, 0.25) is 0 Å². The third kappa shape index (κ3) is 3.00. The molecule has 1 heterocycles. The Bertz CT molecular complexity index is 503. The van der Waals surface area contributed by atoms with Gasteiger partial charge in [-0.25, -0.2) is 4.79 Å². The number of nitrogens with one attached hydrogen (secondary N) is 1. The first-order valence-electron chi connectivity index (χ1n) is 5.87. The van der Waals surface area contributed by atoms with Crippen molar-refractivity contribution in [2.24, 2.45) is 0 Å². The first-order chi connectivity index (χ1) is 9.11. The second kappa shape index (κ2) is 5.66. The zero-order valence-corrected chi connectivity index (χ0v) is 10.4. The summed E-state index contributed by atoms with van der Waals surface area (Å²) in [5.74, 6) is 0.0672. The van der Waals surface area contributed by atoms with Crippen LogP contribution in [-0.4, -0.2) is 30.7 Å². The minimum Gasteiger partial charge on any atom is -0.478 e. The number of esters is 1. The molecule has 1 aliphatic rings. The summed E-state index contributed by atoms with van der Waals surface area (Å²) in [4.78, 5) is 21.6. The summed E-state index contributed by atoms with van der Waals surface area (Å²) >= 11 is 0. The molecule has 7 nitrogen and oxygen atoms in total. The van der Waals surface area contributed by atoms with E-state index < -0.39 is 17.0 Å². The van der Waals surface area contributed by atoms with E-state index in [1.54, 1.807) is 7.05 Å². The quantitative estimate of drug-likeness (QED) is 0.486. The molecule has 0 aromatic heterocycles. The van der Waals surface area contributed by atoms with E-state index in [4.69, 9.17) is 9.47 Å². The second-order valence-electron chi connectivity index (χ2n) is 4.14. The maximum Gasteiger partial charge on any atom is 0.347 e. The predicted octanol–water partition coefficient (Wildman–Crippen LogP) is 1.01. The number of nitro groups is 1. The van der Waals surface area contributed by atoms with Crippen LogP contribution in [-0.2, 0) is 16.1 Å². The van der Waals surface area contributed by atoms with Gasteiger partial charge >= 0.3 is 5.97 Å². The Hall–Kier alpha value is -2.15. The molecule has 1 aromatic carbocycles. The number of nitrogens with zero attached hydrogens (tertiary/aromatic N) is 1. The van der Waals surface area contributed by atoms with Crippen LogP contribution in [0.5, 0.6) is 5.75 Å². The van der Waals surface area contributed by atoms with E-state index in [0.29, 0.717) is 30.9 Å². The Morgan fingerprint density at radius 1 is 1.58 bits per heavy atom. The molecule has 0 saturated carbocycles. The molecule has 0 aliphatic carbocycles. The third-order valence-electron chi connectivity index (χ3n) is 2.78. The zero-order chi connectivity index (χ0) is 13.8. The molecule has 0 amide bonds. The molecule has 19 heavy (non-hydrogen) atoms. The van der Waals surface area contributed by atoms with Crippen molar-refractivity contribution in [1.82, 2.24) is 5.32 Å². The number of benzene rings is 1.